The van der Waals surface area contributed by atoms with E-state index in [1.165, 1.54) is 19.2 Å². The maximum Gasteiger partial charge on any atom is 0.228 e. The highest BCUT2D eigenvalue weighted by Crippen LogP contribution is 2.45. The van der Waals surface area contributed by atoms with Crippen LogP contribution in [-0.4, -0.2) is 68.8 Å². The second-order valence-electron chi connectivity index (χ2n) is 8.69. The van der Waals surface area contributed by atoms with Crippen molar-refractivity contribution < 1.29 is 40.1 Å². The number of phenolic OH excluding ortho intramolecular Hbond substituents is 1. The lowest BCUT2D eigenvalue weighted by atomic mass is 9.83. The summed E-state index contributed by atoms with van der Waals surface area (Å²) in [5.41, 5.74) is 2.57. The van der Waals surface area contributed by atoms with E-state index in [1.54, 1.807) is 6.07 Å². The summed E-state index contributed by atoms with van der Waals surface area (Å²) in [6, 6.07) is 8.43. The van der Waals surface area contributed by atoms with Gasteiger partial charge in [0.05, 0.1) is 12.2 Å². The van der Waals surface area contributed by atoms with Crippen molar-refractivity contribution in [1.29, 1.82) is 0 Å². The van der Waals surface area contributed by atoms with Crippen LogP contribution in [0.15, 0.2) is 34.8 Å². The summed E-state index contributed by atoms with van der Waals surface area (Å²) in [5, 5.41) is 63.3. The predicted molar refractivity (Wildman–Crippen MR) is 124 cm³/mol. The lowest BCUT2D eigenvalue weighted by Gasteiger charge is -2.47. The van der Waals surface area contributed by atoms with Gasteiger partial charge in [-0.1, -0.05) is 35.8 Å². The molecular formula is C24H31BrO8. The van der Waals surface area contributed by atoms with Gasteiger partial charge in [-0.25, -0.2) is 0 Å². The summed E-state index contributed by atoms with van der Waals surface area (Å²) in [4.78, 5) is 0. The number of hydrogen-bond donors (Lipinski definition) is 6. The summed E-state index contributed by atoms with van der Waals surface area (Å²) in [6.07, 6.45) is -7.44. The van der Waals surface area contributed by atoms with E-state index in [0.717, 1.165) is 10.0 Å². The quantitative estimate of drug-likeness (QED) is 0.335. The zero-order chi connectivity index (χ0) is 24.7. The van der Waals surface area contributed by atoms with Crippen molar-refractivity contribution in [2.75, 3.05) is 13.7 Å². The first-order valence-corrected chi connectivity index (χ1v) is 11.5. The number of rotatable bonds is 6. The van der Waals surface area contributed by atoms with Gasteiger partial charge in [0.2, 0.25) is 5.79 Å². The Bertz CT molecular complexity index is 995. The van der Waals surface area contributed by atoms with Crippen molar-refractivity contribution >= 4 is 15.9 Å². The topological polar surface area (TPSA) is 140 Å². The van der Waals surface area contributed by atoms with Crippen LogP contribution in [0.25, 0.3) is 0 Å². The van der Waals surface area contributed by atoms with Crippen molar-refractivity contribution in [1.82, 2.24) is 0 Å². The molecule has 2 aromatic carbocycles. The molecule has 0 amide bonds. The summed E-state index contributed by atoms with van der Waals surface area (Å²) >= 11 is 3.42. The van der Waals surface area contributed by atoms with E-state index in [2.05, 4.69) is 15.9 Å². The highest BCUT2D eigenvalue weighted by Gasteiger charge is 2.56. The maximum atomic E-state index is 11.4. The van der Waals surface area contributed by atoms with Gasteiger partial charge in [0.1, 0.15) is 36.3 Å². The first kappa shape index (κ1) is 26.1. The van der Waals surface area contributed by atoms with Gasteiger partial charge in [0.25, 0.3) is 0 Å². The van der Waals surface area contributed by atoms with Crippen molar-refractivity contribution in [2.45, 2.75) is 63.0 Å². The number of aryl methyl sites for hydroxylation is 1. The molecule has 9 heteroatoms. The molecule has 0 aromatic heterocycles. The fourth-order valence-electron chi connectivity index (χ4n) is 4.39. The van der Waals surface area contributed by atoms with Crippen molar-refractivity contribution in [3.8, 4) is 5.75 Å². The number of aliphatic hydroxyl groups is 5. The molecule has 182 valence electrons. The van der Waals surface area contributed by atoms with Crippen LogP contribution in [0.1, 0.15) is 53.7 Å². The zero-order valence-electron chi connectivity index (χ0n) is 18.9. The van der Waals surface area contributed by atoms with Gasteiger partial charge in [0.15, 0.2) is 0 Å². The van der Waals surface area contributed by atoms with Crippen LogP contribution < -0.4 is 0 Å². The van der Waals surface area contributed by atoms with Crippen LogP contribution >= 0.6 is 15.9 Å². The fourth-order valence-corrected chi connectivity index (χ4v) is 4.87. The van der Waals surface area contributed by atoms with Gasteiger partial charge in [-0.3, -0.25) is 0 Å². The van der Waals surface area contributed by atoms with Crippen LogP contribution in [0.5, 0.6) is 5.75 Å². The SMILES string of the molecule is COC1(c2cc(C(O)c3ccc(Br)cc3C)c(C(C)C)cc2O)O[C@H](CO)[C@H](O)[C@H](O)[C@@H]1O. The Hall–Kier alpha value is -1.56. The van der Waals surface area contributed by atoms with E-state index in [-0.39, 0.29) is 17.2 Å². The minimum atomic E-state index is -2.10. The molecule has 0 saturated carbocycles. The Labute approximate surface area is 201 Å². The molecule has 1 aliphatic rings. The lowest BCUT2D eigenvalue weighted by molar-refractivity contribution is -0.366. The minimum Gasteiger partial charge on any atom is -0.507 e. The lowest BCUT2D eigenvalue weighted by Crippen LogP contribution is -2.64. The molecular weight excluding hydrogens is 496 g/mol. The summed E-state index contributed by atoms with van der Waals surface area (Å²) < 4.78 is 12.1. The average molecular weight is 527 g/mol. The number of aliphatic hydroxyl groups excluding tert-OH is 5. The van der Waals surface area contributed by atoms with E-state index in [9.17, 15) is 30.6 Å². The number of ether oxygens (including phenoxy) is 2. The maximum absolute atomic E-state index is 11.4. The zero-order valence-corrected chi connectivity index (χ0v) is 20.5. The Morgan fingerprint density at radius 3 is 2.27 bits per heavy atom. The summed E-state index contributed by atoms with van der Waals surface area (Å²) in [5.74, 6) is -2.46. The first-order valence-electron chi connectivity index (χ1n) is 10.7. The average Bonchev–Trinajstić information content (AvgIpc) is 2.77. The molecule has 6 atom stereocenters. The third kappa shape index (κ3) is 4.56. The third-order valence-corrected chi connectivity index (χ3v) is 6.77. The third-order valence-electron chi connectivity index (χ3n) is 6.27. The van der Waals surface area contributed by atoms with E-state index in [1.807, 2.05) is 32.9 Å². The summed E-state index contributed by atoms with van der Waals surface area (Å²) in [6.45, 7) is 5.04. The van der Waals surface area contributed by atoms with Crippen LogP contribution in [0.2, 0.25) is 0 Å². The largest absolute Gasteiger partial charge is 0.507 e. The molecule has 1 aliphatic heterocycles. The number of phenols is 1. The van der Waals surface area contributed by atoms with Crippen LogP contribution in [0, 0.1) is 6.92 Å². The molecule has 1 saturated heterocycles. The van der Waals surface area contributed by atoms with Crippen molar-refractivity contribution in [3.05, 3.63) is 62.6 Å². The van der Waals surface area contributed by atoms with Gasteiger partial charge in [-0.15, -0.1) is 0 Å². The number of methoxy groups -OCH3 is 1. The molecule has 1 fully saturated rings. The van der Waals surface area contributed by atoms with E-state index >= 15 is 0 Å². The fraction of sp³-hybridized carbons (Fsp3) is 0.500. The Morgan fingerprint density at radius 2 is 1.73 bits per heavy atom. The number of aromatic hydroxyl groups is 1. The molecule has 0 radical (unpaired) electrons. The minimum absolute atomic E-state index is 0.0462. The number of benzene rings is 2. The molecule has 0 bridgehead atoms. The standard InChI is InChI=1S/C24H31BrO8/c1-11(2)15-9-18(27)17(8-16(15)20(28)14-6-5-13(25)7-12(14)3)24(32-4)23(31)22(30)21(29)19(10-26)33-24/h5-9,11,19-23,26-31H,10H2,1-4H3/t19-,20?,21+,22+,23+,24?/m1/s1. The molecule has 1 heterocycles. The number of halogens is 1. The van der Waals surface area contributed by atoms with Gasteiger partial charge in [0, 0.05) is 11.6 Å². The predicted octanol–water partition coefficient (Wildman–Crippen LogP) is 1.94. The molecule has 8 nitrogen and oxygen atoms in total. The molecule has 2 aromatic rings. The van der Waals surface area contributed by atoms with Crippen LogP contribution in [0.4, 0.5) is 0 Å². The Kier molecular flexibility index (Phi) is 7.87. The normalized spacial score (nSPS) is 28.8. The van der Waals surface area contributed by atoms with Crippen molar-refractivity contribution in [2.24, 2.45) is 0 Å². The van der Waals surface area contributed by atoms with Gasteiger partial charge < -0.3 is 40.1 Å². The first-order chi connectivity index (χ1) is 15.5. The van der Waals surface area contributed by atoms with Crippen molar-refractivity contribution in [3.63, 3.8) is 0 Å². The summed E-state index contributed by atoms with van der Waals surface area (Å²) in [7, 11) is 1.22. The van der Waals surface area contributed by atoms with Gasteiger partial charge in [-0.05, 0) is 59.4 Å². The van der Waals surface area contributed by atoms with E-state index in [0.29, 0.717) is 16.7 Å². The molecule has 0 spiro atoms. The molecule has 0 aliphatic carbocycles. The van der Waals surface area contributed by atoms with E-state index in [4.69, 9.17) is 9.47 Å². The molecule has 33 heavy (non-hydrogen) atoms. The van der Waals surface area contributed by atoms with Crippen LogP contribution in [-0.2, 0) is 15.3 Å². The smallest absolute Gasteiger partial charge is 0.228 e. The monoisotopic (exact) mass is 526 g/mol. The van der Waals surface area contributed by atoms with Crippen LogP contribution in [0.3, 0.4) is 0 Å². The highest BCUT2D eigenvalue weighted by molar-refractivity contribution is 9.10. The van der Waals surface area contributed by atoms with Gasteiger partial charge >= 0.3 is 0 Å². The molecule has 6 N–H and O–H groups in total. The second kappa shape index (κ2) is 9.97. The van der Waals surface area contributed by atoms with E-state index < -0.39 is 42.9 Å². The molecule has 3 rings (SSSR count). The second-order valence-corrected chi connectivity index (χ2v) is 9.61. The highest BCUT2D eigenvalue weighted by atomic mass is 79.9. The molecule has 2 unspecified atom stereocenters. The van der Waals surface area contributed by atoms with Gasteiger partial charge in [-0.2, -0.15) is 0 Å². The Morgan fingerprint density at radius 1 is 1.06 bits per heavy atom. The Balaban J connectivity index is 2.22. The number of hydrogen-bond acceptors (Lipinski definition) is 8.